The van der Waals surface area contributed by atoms with Crippen LogP contribution in [0.15, 0.2) is 95.8 Å². The molecule has 12 nitrogen and oxygen atoms in total. The number of halogens is 6. The molecule has 0 aliphatic heterocycles. The Morgan fingerprint density at radius 3 is 0.895 bits per heavy atom. The number of hydrogen-bond acceptors (Lipinski definition) is 12. The van der Waals surface area contributed by atoms with Crippen LogP contribution in [-0.4, -0.2) is 63.8 Å². The Morgan fingerprint density at radius 1 is 0.439 bits per heavy atom. The van der Waals surface area contributed by atoms with E-state index in [1.807, 2.05) is 54.6 Å². The number of nitrogens with zero attached hydrogens (tertiary/aromatic N) is 3. The van der Waals surface area contributed by atoms with E-state index in [-0.39, 0.29) is 55.4 Å². The molecule has 3 aromatic carbocycles. The van der Waals surface area contributed by atoms with Gasteiger partial charge in [-0.2, -0.15) is 0 Å². The molecule has 0 spiro atoms. The van der Waals surface area contributed by atoms with Crippen molar-refractivity contribution in [2.75, 3.05) is 19.8 Å². The lowest BCUT2D eigenvalue weighted by Crippen LogP contribution is -2.55. The molecule has 0 bridgehead atoms. The Kier molecular flexibility index (Phi) is 21.9. The lowest BCUT2D eigenvalue weighted by atomic mass is 10.2. The summed E-state index contributed by atoms with van der Waals surface area (Å²) in [5.74, 6) is 1.65. The maximum Gasteiger partial charge on any atom is 0.561 e. The predicted octanol–water partition coefficient (Wildman–Crippen LogP) is 9.92. The van der Waals surface area contributed by atoms with E-state index in [4.69, 9.17) is 14.2 Å². The van der Waals surface area contributed by atoms with Crippen molar-refractivity contribution >= 4 is 176 Å². The first-order valence-corrected chi connectivity index (χ1v) is 27.6. The van der Waals surface area contributed by atoms with E-state index in [1.54, 1.807) is 0 Å². The molecule has 24 heteroatoms. The number of rotatable bonds is 18. The van der Waals surface area contributed by atoms with Crippen molar-refractivity contribution in [1.82, 2.24) is 13.7 Å². The standard InChI is InChI=1S/C33H27Br6N3O9S6/c34-22-7-19(8-23(35)13-22)16-52-55-31(46)49-4-1-40-28(43)41(2-5-50-32(47)56-53-17-20-9-24(36)14-25(37)10-20)30(45)42(29(40)44)3-6-51-33(48)57-54-18-21-11-26(38)15-27(39)12-21/h7-15H,1-6,16-18H2/p+3. The number of hydrogen-bond donors (Lipinski definition) is 0. The third kappa shape index (κ3) is 17.4. The molecular weight excluding hydrogens is 1250 g/mol. The van der Waals surface area contributed by atoms with Gasteiger partial charge < -0.3 is 28.6 Å². The molecular formula is C33H30Br6N3O9S6+3. The Labute approximate surface area is 400 Å². The van der Waals surface area contributed by atoms with Crippen LogP contribution in [-0.2, 0) is 51.1 Å². The molecule has 0 atom stereocenters. The van der Waals surface area contributed by atoms with Crippen LogP contribution >= 0.6 is 160 Å². The van der Waals surface area contributed by atoms with E-state index in [9.17, 15) is 28.8 Å². The quantitative estimate of drug-likeness (QED) is 0.0403. The molecule has 0 fully saturated rings. The minimum atomic E-state index is -0.932. The molecule has 4 rings (SSSR count). The summed E-state index contributed by atoms with van der Waals surface area (Å²) in [6.07, 6.45) is 0. The monoisotopic (exact) mass is 1280 g/mol. The van der Waals surface area contributed by atoms with Gasteiger partial charge in [0.1, 0.15) is 0 Å². The maximum absolute atomic E-state index is 13.5. The lowest BCUT2D eigenvalue weighted by Gasteiger charge is -2.11. The van der Waals surface area contributed by atoms with Gasteiger partial charge in [-0.25, -0.2) is 28.1 Å². The minimum Gasteiger partial charge on any atom is -0.329 e. The van der Waals surface area contributed by atoms with Gasteiger partial charge in [0.25, 0.3) is 0 Å². The Bertz CT molecular complexity index is 1930. The molecule has 0 aliphatic rings. The van der Waals surface area contributed by atoms with Crippen molar-refractivity contribution in [3.8, 4) is 0 Å². The summed E-state index contributed by atoms with van der Waals surface area (Å²) in [7, 11) is 6.91. The van der Waals surface area contributed by atoms with Gasteiger partial charge in [-0.15, -0.1) is 0 Å². The molecule has 0 aliphatic carbocycles. The molecule has 1 heterocycles. The van der Waals surface area contributed by atoms with E-state index >= 15 is 0 Å². The summed E-state index contributed by atoms with van der Waals surface area (Å²) in [6.45, 7) is -1.72. The molecule has 0 radical (unpaired) electrons. The lowest BCUT2D eigenvalue weighted by molar-refractivity contribution is 0.237. The smallest absolute Gasteiger partial charge is 0.329 e. The van der Waals surface area contributed by atoms with Crippen LogP contribution in [0.5, 0.6) is 0 Å². The summed E-state index contributed by atoms with van der Waals surface area (Å²) in [4.78, 5) is 71.5. The van der Waals surface area contributed by atoms with Gasteiger partial charge in [-0.05, 0) is 71.3 Å². The highest BCUT2D eigenvalue weighted by Crippen LogP contribution is 2.32. The molecule has 3 N–H and O–H groups in total. The van der Waals surface area contributed by atoms with Crippen LogP contribution in [0, 0.1) is 0 Å². The SMILES string of the molecule is O=c1n(CCOC(=[OH+])SSCc2cc(Br)cc(Br)c2)c(=O)n(CCOC(=[OH+])SSCc2cc(Br)cc(Br)c2)c(=O)n1CCOC(=[OH+])SSCc1cc(Br)cc(Br)c1. The normalized spacial score (nSPS) is 11.1. The highest BCUT2D eigenvalue weighted by atomic mass is 79.9. The third-order valence-corrected chi connectivity index (χ3v) is 15.5. The van der Waals surface area contributed by atoms with Crippen molar-refractivity contribution in [2.45, 2.75) is 36.9 Å². The van der Waals surface area contributed by atoms with Crippen LogP contribution in [0.3, 0.4) is 0 Å². The zero-order valence-corrected chi connectivity index (χ0v) is 43.3. The van der Waals surface area contributed by atoms with Gasteiger partial charge in [0, 0.05) is 44.1 Å². The first-order valence-electron chi connectivity index (χ1n) is 15.9. The zero-order valence-electron chi connectivity index (χ0n) is 28.9. The summed E-state index contributed by atoms with van der Waals surface area (Å²) in [5, 5.41) is -1.12. The Balaban J connectivity index is 1.36. The molecule has 57 heavy (non-hydrogen) atoms. The van der Waals surface area contributed by atoms with Crippen LogP contribution < -0.4 is 17.1 Å². The Morgan fingerprint density at radius 2 is 0.667 bits per heavy atom. The van der Waals surface area contributed by atoms with Gasteiger partial charge in [-0.1, -0.05) is 128 Å². The third-order valence-electron chi connectivity index (χ3n) is 6.84. The molecule has 0 amide bonds. The molecule has 0 saturated carbocycles. The highest BCUT2D eigenvalue weighted by molar-refractivity contribution is 9.11. The van der Waals surface area contributed by atoms with Gasteiger partial charge in [0.15, 0.2) is 0 Å². The predicted molar refractivity (Wildman–Crippen MR) is 260 cm³/mol. The molecule has 1 aromatic heterocycles. The fourth-order valence-electron chi connectivity index (χ4n) is 4.53. The minimum absolute atomic E-state index is 0.268. The largest absolute Gasteiger partial charge is 0.561 e. The van der Waals surface area contributed by atoms with Crippen molar-refractivity contribution in [2.24, 2.45) is 0 Å². The van der Waals surface area contributed by atoms with Gasteiger partial charge in [-0.3, -0.25) is 0 Å². The van der Waals surface area contributed by atoms with Gasteiger partial charge in [0.05, 0.1) is 52.0 Å². The molecule has 0 saturated heterocycles. The van der Waals surface area contributed by atoms with E-state index in [0.29, 0.717) is 17.3 Å². The van der Waals surface area contributed by atoms with Crippen LogP contribution in [0.25, 0.3) is 0 Å². The Hall–Kier alpha value is -0.540. The zero-order chi connectivity index (χ0) is 41.5. The van der Waals surface area contributed by atoms with Crippen LogP contribution in [0.2, 0.25) is 0 Å². The fraction of sp³-hybridized carbons (Fsp3) is 0.273. The number of ether oxygens (including phenoxy) is 3. The summed E-state index contributed by atoms with van der Waals surface area (Å²) in [6, 6.07) is 17.4. The molecule has 306 valence electrons. The van der Waals surface area contributed by atoms with Gasteiger partial charge in [0.2, 0.25) is 19.8 Å². The maximum atomic E-state index is 13.5. The number of aromatic nitrogens is 3. The first-order chi connectivity index (χ1) is 27.2. The van der Waals surface area contributed by atoms with Crippen molar-refractivity contribution in [1.29, 1.82) is 0 Å². The van der Waals surface area contributed by atoms with Gasteiger partial charge >= 0.3 is 33.0 Å². The average Bonchev–Trinajstić information content (AvgIpc) is 3.11. The van der Waals surface area contributed by atoms with Crippen molar-refractivity contribution in [3.63, 3.8) is 0 Å². The van der Waals surface area contributed by atoms with Crippen LogP contribution in [0.4, 0.5) is 0 Å². The highest BCUT2D eigenvalue weighted by Gasteiger charge is 2.22. The second-order valence-electron chi connectivity index (χ2n) is 11.0. The molecule has 4 aromatic rings. The van der Waals surface area contributed by atoms with E-state index in [1.165, 1.54) is 32.4 Å². The average molecular weight is 1280 g/mol. The van der Waals surface area contributed by atoms with E-state index in [0.717, 1.165) is 89.6 Å². The van der Waals surface area contributed by atoms with Crippen molar-refractivity contribution < 1.29 is 28.6 Å². The van der Waals surface area contributed by atoms with Crippen molar-refractivity contribution in [3.05, 3.63) is 130 Å². The number of benzene rings is 3. The summed E-state index contributed by atoms with van der Waals surface area (Å²) < 4.78 is 24.0. The summed E-state index contributed by atoms with van der Waals surface area (Å²) in [5.41, 5.74) is 0.199. The van der Waals surface area contributed by atoms with E-state index < -0.39 is 17.1 Å². The van der Waals surface area contributed by atoms with E-state index in [2.05, 4.69) is 95.6 Å². The second kappa shape index (κ2) is 25.4. The topological polar surface area (TPSA) is 158 Å². The number of carbonyl (C=O) groups excluding carboxylic acids is 3. The van der Waals surface area contributed by atoms with Crippen LogP contribution in [0.1, 0.15) is 16.7 Å². The second-order valence-corrected chi connectivity index (χ2v) is 23.3. The first kappa shape index (κ1) is 49.1. The summed E-state index contributed by atoms with van der Waals surface area (Å²) >= 11 is 20.7. The molecule has 0 unspecified atom stereocenters. The fourth-order valence-corrected chi connectivity index (χ4v) is 13.6.